The molecule has 3 saturated heterocycles. The zero-order valence-corrected chi connectivity index (χ0v) is 35.1. The second-order valence-electron chi connectivity index (χ2n) is 13.9. The van der Waals surface area contributed by atoms with E-state index in [4.69, 9.17) is 60.8 Å². The lowest BCUT2D eigenvalue weighted by molar-refractivity contribution is -0.0546. The van der Waals surface area contributed by atoms with Crippen LogP contribution in [0.1, 0.15) is 31.4 Å². The molecular weight excluding hydrogens is 867 g/mol. The van der Waals surface area contributed by atoms with Crippen LogP contribution in [-0.2, 0) is 51.9 Å². The summed E-state index contributed by atoms with van der Waals surface area (Å²) in [5.74, 6) is 0.679. The van der Waals surface area contributed by atoms with Crippen LogP contribution in [0.3, 0.4) is 0 Å². The number of hydrogen-bond donors (Lipinski definition) is 2. The minimum Gasteiger partial charge on any atom is -0.491 e. The van der Waals surface area contributed by atoms with Gasteiger partial charge in [0.2, 0.25) is 7.57 Å². The highest BCUT2D eigenvalue weighted by Gasteiger charge is 2.54. The number of imidazole rings is 2. The van der Waals surface area contributed by atoms with Crippen molar-refractivity contribution < 1.29 is 59.7 Å². The van der Waals surface area contributed by atoms with Crippen molar-refractivity contribution in [3.63, 3.8) is 0 Å². The van der Waals surface area contributed by atoms with Crippen molar-refractivity contribution in [2.45, 2.75) is 68.3 Å². The number of hydrogen-bond acceptors (Lipinski definition) is 20. The van der Waals surface area contributed by atoms with E-state index in [0.29, 0.717) is 44.3 Å². The molecule has 2 radical (unpaired) electrons. The summed E-state index contributed by atoms with van der Waals surface area (Å²) in [5, 5.41) is 0. The van der Waals surface area contributed by atoms with E-state index in [1.807, 2.05) is 6.92 Å². The van der Waals surface area contributed by atoms with Crippen molar-refractivity contribution in [3.05, 3.63) is 55.1 Å². The molecule has 326 valence electrons. The number of fused-ring (bicyclic) bond motifs is 4. The molecule has 3 aliphatic heterocycles. The molecular formula is C34H41BF2N10O11P2S. The van der Waals surface area contributed by atoms with Gasteiger partial charge in [0.15, 0.2) is 47.7 Å². The fourth-order valence-electron chi connectivity index (χ4n) is 6.78. The SMILES string of the molecule is [B][P@@]1(=O)OC[C@H]2O[C@@H](n3cnc4c(N)ncnc43)[C@H](F)[C@@H]2O[P@@](=O)(SCc2ccc(OCCOCCOCCC)cc2)OC[C@H]2O[C@@H](n3cnc4c(N)ncnc43)[C@H](F)[C@@H]2O1. The van der Waals surface area contributed by atoms with Crippen LogP contribution in [0.2, 0.25) is 0 Å². The summed E-state index contributed by atoms with van der Waals surface area (Å²) in [6, 6.07) is 6.95. The Labute approximate surface area is 352 Å². The molecule has 3 aliphatic rings. The smallest absolute Gasteiger partial charge is 0.389 e. The summed E-state index contributed by atoms with van der Waals surface area (Å²) in [6.45, 7) is -1.53. The first-order chi connectivity index (χ1) is 29.4. The maximum absolute atomic E-state index is 16.8. The van der Waals surface area contributed by atoms with Gasteiger partial charge in [0.05, 0.1) is 45.7 Å². The Hall–Kier alpha value is -3.87. The number of halogens is 2. The topological polar surface area (TPSA) is 256 Å². The van der Waals surface area contributed by atoms with Crippen LogP contribution in [0.25, 0.3) is 22.3 Å². The van der Waals surface area contributed by atoms with Crippen LogP contribution in [0.4, 0.5) is 20.4 Å². The first kappa shape index (κ1) is 43.8. The molecule has 0 spiro atoms. The van der Waals surface area contributed by atoms with Crippen LogP contribution in [0.5, 0.6) is 5.75 Å². The lowest BCUT2D eigenvalue weighted by Gasteiger charge is -2.30. The standard InChI is InChI=1S/C34H41BF2N10O11P2S/c1-2-7-50-8-9-51-10-11-52-20-5-3-19(4-6-20)14-61-60(49)54-13-22-27(23(36)33(56-22)46-17-44-25-29(38)40-15-42-31(25)46)57-59(35,48)53-12-21-28(58-60)24(37)34(55-21)47-18-45-26-30(39)41-16-43-32(26)47/h3-6,15-18,21-24,27-28,33-34H,2,7-14H2,1H3,(H2,38,40,42)(H2,39,41,43)/t21-,22-,23-,24-,27-,28-,33-,34-,59-,60+/m1/s1. The third-order valence-electron chi connectivity index (χ3n) is 9.72. The molecule has 61 heavy (non-hydrogen) atoms. The lowest BCUT2D eigenvalue weighted by Crippen LogP contribution is -2.37. The molecule has 10 atom stereocenters. The molecule has 0 saturated carbocycles. The molecule has 21 nitrogen and oxygen atoms in total. The quantitative estimate of drug-likeness (QED) is 0.0896. The summed E-state index contributed by atoms with van der Waals surface area (Å²) >= 11 is 0.736. The normalized spacial score (nSPS) is 30.8. The highest BCUT2D eigenvalue weighted by molar-refractivity contribution is 8.54. The Morgan fingerprint density at radius 1 is 0.770 bits per heavy atom. The lowest BCUT2D eigenvalue weighted by atomic mass is 10.1. The summed E-state index contributed by atoms with van der Waals surface area (Å²) in [4.78, 5) is 24.5. The fourth-order valence-corrected chi connectivity index (χ4v) is 11.2. The molecule has 0 amide bonds. The van der Waals surface area contributed by atoms with Crippen LogP contribution >= 0.6 is 25.7 Å². The van der Waals surface area contributed by atoms with E-state index in [0.717, 1.165) is 24.1 Å². The number of aromatic nitrogens is 8. The third-order valence-corrected chi connectivity index (χ3v) is 14.4. The summed E-state index contributed by atoms with van der Waals surface area (Å²) < 4.78 is 116. The van der Waals surface area contributed by atoms with Crippen LogP contribution < -0.4 is 16.2 Å². The van der Waals surface area contributed by atoms with E-state index in [1.165, 1.54) is 28.1 Å². The number of ether oxygens (including phenoxy) is 5. The highest BCUT2D eigenvalue weighted by Crippen LogP contribution is 2.65. The minimum absolute atomic E-state index is 0.0363. The Bertz CT molecular complexity index is 2390. The summed E-state index contributed by atoms with van der Waals surface area (Å²) in [6.07, 6.45) is -7.66. The number of nitrogens with two attached hydrogens (primary N) is 2. The Morgan fingerprint density at radius 2 is 1.31 bits per heavy atom. The molecule has 8 rings (SSSR count). The number of nitrogen functional groups attached to an aromatic ring is 2. The molecule has 5 aromatic rings. The molecule has 0 unspecified atom stereocenters. The average Bonchev–Trinajstić information content (AvgIpc) is 4.02. The minimum atomic E-state index is -4.66. The summed E-state index contributed by atoms with van der Waals surface area (Å²) in [5.41, 5.74) is 13.2. The number of anilines is 2. The van der Waals surface area contributed by atoms with Gasteiger partial charge in [-0.3, -0.25) is 22.7 Å². The first-order valence-electron chi connectivity index (χ1n) is 19.0. The van der Waals surface area contributed by atoms with Crippen LogP contribution in [0.15, 0.2) is 49.6 Å². The third kappa shape index (κ3) is 9.71. The molecule has 4 N–H and O–H groups in total. The van der Waals surface area contributed by atoms with Crippen molar-refractivity contribution >= 4 is 67.2 Å². The van der Waals surface area contributed by atoms with Crippen molar-refractivity contribution in [1.82, 2.24) is 39.0 Å². The molecule has 1 aromatic carbocycles. The van der Waals surface area contributed by atoms with Gasteiger partial charge in [-0.15, -0.1) is 0 Å². The molecule has 3 fully saturated rings. The maximum Gasteiger partial charge on any atom is 0.389 e. The van der Waals surface area contributed by atoms with Crippen molar-refractivity contribution in [2.24, 2.45) is 0 Å². The van der Waals surface area contributed by atoms with Gasteiger partial charge in [-0.25, -0.2) is 43.2 Å². The van der Waals surface area contributed by atoms with Gasteiger partial charge in [0.25, 0.3) is 7.47 Å². The van der Waals surface area contributed by atoms with Crippen LogP contribution in [0, 0.1) is 0 Å². The molecule has 0 aliphatic carbocycles. The number of rotatable bonds is 14. The van der Waals surface area contributed by atoms with Gasteiger partial charge in [0.1, 0.15) is 60.5 Å². The van der Waals surface area contributed by atoms with E-state index in [9.17, 15) is 9.13 Å². The zero-order valence-electron chi connectivity index (χ0n) is 32.5. The molecule has 0 bridgehead atoms. The van der Waals surface area contributed by atoms with Crippen molar-refractivity contribution in [2.75, 3.05) is 57.7 Å². The van der Waals surface area contributed by atoms with E-state index < -0.39 is 76.7 Å². The maximum atomic E-state index is 16.8. The van der Waals surface area contributed by atoms with Gasteiger partial charge in [0, 0.05) is 12.4 Å². The van der Waals surface area contributed by atoms with Gasteiger partial charge in [-0.1, -0.05) is 19.1 Å². The van der Waals surface area contributed by atoms with E-state index in [1.54, 1.807) is 24.3 Å². The molecule has 27 heteroatoms. The average molecular weight is 909 g/mol. The molecule has 4 aromatic heterocycles. The van der Waals surface area contributed by atoms with Gasteiger partial charge in [-0.05, 0) is 35.5 Å². The monoisotopic (exact) mass is 908 g/mol. The highest BCUT2D eigenvalue weighted by atomic mass is 32.7. The van der Waals surface area contributed by atoms with Crippen molar-refractivity contribution in [3.8, 4) is 5.75 Å². The van der Waals surface area contributed by atoms with Gasteiger partial charge >= 0.3 is 6.80 Å². The van der Waals surface area contributed by atoms with E-state index in [-0.39, 0.29) is 39.7 Å². The van der Waals surface area contributed by atoms with E-state index >= 15 is 8.78 Å². The second kappa shape index (κ2) is 18.9. The largest absolute Gasteiger partial charge is 0.491 e. The number of alkyl halides is 2. The number of benzene rings is 1. The molecule has 7 heterocycles. The first-order valence-corrected chi connectivity index (χ1v) is 23.8. The zero-order chi connectivity index (χ0) is 42.7. The van der Waals surface area contributed by atoms with Crippen LogP contribution in [-0.4, -0.2) is 130 Å². The predicted octanol–water partition coefficient (Wildman–Crippen LogP) is 4.26. The van der Waals surface area contributed by atoms with Gasteiger partial charge in [-0.2, -0.15) is 0 Å². The predicted molar refractivity (Wildman–Crippen MR) is 215 cm³/mol. The Balaban J connectivity index is 1.03. The summed E-state index contributed by atoms with van der Waals surface area (Å²) in [7, 11) is 1.34. The van der Waals surface area contributed by atoms with E-state index in [2.05, 4.69) is 29.9 Å². The van der Waals surface area contributed by atoms with Crippen molar-refractivity contribution in [1.29, 1.82) is 0 Å². The Kier molecular flexibility index (Phi) is 13.5. The van der Waals surface area contributed by atoms with Gasteiger partial charge < -0.3 is 44.2 Å². The second-order valence-corrected chi connectivity index (χ2v) is 19.5. The fraction of sp³-hybridized carbons (Fsp3) is 0.529. The number of nitrogens with zero attached hydrogens (tertiary/aromatic N) is 8. The Morgan fingerprint density at radius 3 is 1.90 bits per heavy atom.